The molecule has 0 unspecified atom stereocenters. The number of hydrogen-bond donors (Lipinski definition) is 2. The van der Waals surface area contributed by atoms with Crippen LogP contribution in [0.1, 0.15) is 16.8 Å². The van der Waals surface area contributed by atoms with E-state index in [9.17, 15) is 9.18 Å². The molecular formula is C13H15FN4O. The summed E-state index contributed by atoms with van der Waals surface area (Å²) < 4.78 is 12.9. The molecule has 5 nitrogen and oxygen atoms in total. The zero-order valence-corrected chi connectivity index (χ0v) is 10.3. The molecule has 0 bridgehead atoms. The van der Waals surface area contributed by atoms with Crippen molar-refractivity contribution in [1.82, 2.24) is 10.2 Å². The van der Waals surface area contributed by atoms with Gasteiger partial charge in [0.05, 0.1) is 11.8 Å². The molecule has 0 spiro atoms. The van der Waals surface area contributed by atoms with Crippen LogP contribution in [0.3, 0.4) is 0 Å². The minimum absolute atomic E-state index is 0.186. The van der Waals surface area contributed by atoms with Gasteiger partial charge < -0.3 is 10.6 Å². The van der Waals surface area contributed by atoms with Gasteiger partial charge in [0.2, 0.25) is 0 Å². The summed E-state index contributed by atoms with van der Waals surface area (Å²) in [5.41, 5.74) is 6.58. The fraction of sp³-hybridized carbons (Fsp3) is 0.231. The van der Waals surface area contributed by atoms with Crippen LogP contribution in [0.5, 0.6) is 0 Å². The molecule has 100 valence electrons. The van der Waals surface area contributed by atoms with Crippen LogP contribution in [0.15, 0.2) is 36.7 Å². The highest BCUT2D eigenvalue weighted by atomic mass is 19.1. The van der Waals surface area contributed by atoms with Crippen LogP contribution < -0.4 is 10.6 Å². The Morgan fingerprint density at radius 3 is 2.68 bits per heavy atom. The third-order valence-corrected chi connectivity index (χ3v) is 2.71. The first kappa shape index (κ1) is 13.2. The molecular weight excluding hydrogens is 247 g/mol. The van der Waals surface area contributed by atoms with E-state index in [1.54, 1.807) is 17.0 Å². The van der Waals surface area contributed by atoms with Gasteiger partial charge in [0.15, 0.2) is 0 Å². The van der Waals surface area contributed by atoms with Gasteiger partial charge in [-0.25, -0.2) is 4.39 Å². The van der Waals surface area contributed by atoms with E-state index in [4.69, 9.17) is 5.73 Å². The number of aromatic nitrogens is 2. The second kappa shape index (κ2) is 6.10. The van der Waals surface area contributed by atoms with E-state index < -0.39 is 0 Å². The van der Waals surface area contributed by atoms with E-state index in [0.717, 1.165) is 0 Å². The smallest absolute Gasteiger partial charge is 0.261 e. The standard InChI is InChI=1S/C13H15FN4O/c14-11-2-4-12(5-3-11)18(7-1-6-15)13(19)10-8-16-17-9-10/h2-5,8-9H,1,6-7,15H2,(H,16,17). The van der Waals surface area contributed by atoms with Crippen molar-refractivity contribution in [3.8, 4) is 0 Å². The molecule has 0 saturated carbocycles. The molecule has 2 aromatic rings. The van der Waals surface area contributed by atoms with Crippen LogP contribution in [0.2, 0.25) is 0 Å². The molecule has 0 aliphatic rings. The number of aromatic amines is 1. The number of anilines is 1. The predicted octanol–water partition coefficient (Wildman–Crippen LogP) is 1.54. The average Bonchev–Trinajstić information content (AvgIpc) is 2.95. The Morgan fingerprint density at radius 1 is 1.37 bits per heavy atom. The van der Waals surface area contributed by atoms with E-state index in [2.05, 4.69) is 10.2 Å². The van der Waals surface area contributed by atoms with Gasteiger partial charge in [-0.2, -0.15) is 5.10 Å². The number of hydrogen-bond acceptors (Lipinski definition) is 3. The minimum atomic E-state index is -0.335. The minimum Gasteiger partial charge on any atom is -0.330 e. The maximum absolute atomic E-state index is 12.9. The molecule has 1 aromatic heterocycles. The predicted molar refractivity (Wildman–Crippen MR) is 70.3 cm³/mol. The highest BCUT2D eigenvalue weighted by Gasteiger charge is 2.18. The van der Waals surface area contributed by atoms with Gasteiger partial charge in [0.25, 0.3) is 5.91 Å². The van der Waals surface area contributed by atoms with Crippen LogP contribution >= 0.6 is 0 Å². The maximum Gasteiger partial charge on any atom is 0.261 e. The summed E-state index contributed by atoms with van der Waals surface area (Å²) in [7, 11) is 0. The first-order valence-electron chi connectivity index (χ1n) is 5.98. The third kappa shape index (κ3) is 3.17. The molecule has 1 heterocycles. The van der Waals surface area contributed by atoms with Crippen LogP contribution in [0.25, 0.3) is 0 Å². The summed E-state index contributed by atoms with van der Waals surface area (Å²) in [5, 5.41) is 6.36. The molecule has 1 aromatic carbocycles. The van der Waals surface area contributed by atoms with Crippen LogP contribution in [-0.2, 0) is 0 Å². The summed E-state index contributed by atoms with van der Waals surface area (Å²) in [6, 6.07) is 5.80. The van der Waals surface area contributed by atoms with Crippen molar-refractivity contribution in [2.45, 2.75) is 6.42 Å². The SMILES string of the molecule is NCCCN(C(=O)c1cn[nH]c1)c1ccc(F)cc1. The zero-order valence-electron chi connectivity index (χ0n) is 10.3. The molecule has 0 radical (unpaired) electrons. The van der Waals surface area contributed by atoms with Gasteiger partial charge in [-0.15, -0.1) is 0 Å². The first-order valence-corrected chi connectivity index (χ1v) is 5.98. The van der Waals surface area contributed by atoms with Crippen molar-refractivity contribution >= 4 is 11.6 Å². The number of H-pyrrole nitrogens is 1. The second-order valence-corrected chi connectivity index (χ2v) is 4.06. The molecule has 0 saturated heterocycles. The van der Waals surface area contributed by atoms with E-state index in [0.29, 0.717) is 30.8 Å². The largest absolute Gasteiger partial charge is 0.330 e. The maximum atomic E-state index is 12.9. The molecule has 3 N–H and O–H groups in total. The van der Waals surface area contributed by atoms with Crippen molar-refractivity contribution in [3.63, 3.8) is 0 Å². The first-order chi connectivity index (χ1) is 9.22. The lowest BCUT2D eigenvalue weighted by Crippen LogP contribution is -2.32. The molecule has 1 amide bonds. The molecule has 0 fully saturated rings. The number of nitrogens with one attached hydrogen (secondary N) is 1. The lowest BCUT2D eigenvalue weighted by atomic mass is 10.2. The monoisotopic (exact) mass is 262 g/mol. The molecule has 2 rings (SSSR count). The van der Waals surface area contributed by atoms with Crippen molar-refractivity contribution in [1.29, 1.82) is 0 Å². The number of carbonyl (C=O) groups excluding carboxylic acids is 1. The number of nitrogens with two attached hydrogens (primary N) is 1. The molecule has 0 aliphatic heterocycles. The Bertz CT molecular complexity index is 524. The summed E-state index contributed by atoms with van der Waals surface area (Å²) >= 11 is 0. The Kier molecular flexibility index (Phi) is 4.25. The number of rotatable bonds is 5. The van der Waals surface area contributed by atoms with Gasteiger partial charge in [-0.3, -0.25) is 9.89 Å². The Labute approximate surface area is 110 Å². The summed E-state index contributed by atoms with van der Waals surface area (Å²) in [5.74, 6) is -0.521. The van der Waals surface area contributed by atoms with Crippen LogP contribution in [0, 0.1) is 5.82 Å². The number of halogens is 1. The van der Waals surface area contributed by atoms with E-state index in [1.807, 2.05) is 0 Å². The van der Waals surface area contributed by atoms with Crippen molar-refractivity contribution < 1.29 is 9.18 Å². The molecule has 0 aliphatic carbocycles. The Hall–Kier alpha value is -2.21. The highest BCUT2D eigenvalue weighted by molar-refractivity contribution is 6.05. The zero-order chi connectivity index (χ0) is 13.7. The Morgan fingerprint density at radius 2 is 2.11 bits per heavy atom. The van der Waals surface area contributed by atoms with E-state index in [-0.39, 0.29) is 11.7 Å². The van der Waals surface area contributed by atoms with Gasteiger partial charge in [0.1, 0.15) is 5.82 Å². The topological polar surface area (TPSA) is 75.0 Å². The van der Waals surface area contributed by atoms with E-state index in [1.165, 1.54) is 24.5 Å². The molecule has 6 heteroatoms. The van der Waals surface area contributed by atoms with Crippen LogP contribution in [-0.4, -0.2) is 29.2 Å². The molecule has 19 heavy (non-hydrogen) atoms. The fourth-order valence-electron chi connectivity index (χ4n) is 1.74. The Balaban J connectivity index is 2.25. The molecule has 0 atom stereocenters. The number of amides is 1. The lowest BCUT2D eigenvalue weighted by molar-refractivity contribution is 0.0987. The lowest BCUT2D eigenvalue weighted by Gasteiger charge is -2.22. The summed E-state index contributed by atoms with van der Waals surface area (Å²) in [6.07, 6.45) is 3.66. The second-order valence-electron chi connectivity index (χ2n) is 4.06. The normalized spacial score (nSPS) is 10.4. The van der Waals surface area contributed by atoms with Gasteiger partial charge >= 0.3 is 0 Å². The number of benzene rings is 1. The summed E-state index contributed by atoms with van der Waals surface area (Å²) in [4.78, 5) is 13.9. The van der Waals surface area contributed by atoms with Crippen molar-refractivity contribution in [2.24, 2.45) is 5.73 Å². The third-order valence-electron chi connectivity index (χ3n) is 2.71. The fourth-order valence-corrected chi connectivity index (χ4v) is 1.74. The van der Waals surface area contributed by atoms with E-state index >= 15 is 0 Å². The summed E-state index contributed by atoms with van der Waals surface area (Å²) in [6.45, 7) is 0.961. The van der Waals surface area contributed by atoms with Crippen molar-refractivity contribution in [2.75, 3.05) is 18.0 Å². The number of carbonyl (C=O) groups is 1. The van der Waals surface area contributed by atoms with Crippen molar-refractivity contribution in [3.05, 3.63) is 48.0 Å². The van der Waals surface area contributed by atoms with Gasteiger partial charge in [-0.1, -0.05) is 0 Å². The van der Waals surface area contributed by atoms with Gasteiger partial charge in [0, 0.05) is 18.4 Å². The average molecular weight is 262 g/mol. The number of nitrogens with zero attached hydrogens (tertiary/aromatic N) is 2. The van der Waals surface area contributed by atoms with Gasteiger partial charge in [-0.05, 0) is 37.2 Å². The van der Waals surface area contributed by atoms with Crippen LogP contribution in [0.4, 0.5) is 10.1 Å². The quantitative estimate of drug-likeness (QED) is 0.858. The highest BCUT2D eigenvalue weighted by Crippen LogP contribution is 2.17.